The van der Waals surface area contributed by atoms with Gasteiger partial charge in [0.15, 0.2) is 11.6 Å². The van der Waals surface area contributed by atoms with Crippen molar-refractivity contribution >= 4 is 19.4 Å². The van der Waals surface area contributed by atoms with Gasteiger partial charge in [0.05, 0.1) is 0 Å². The number of hydrogen-bond acceptors (Lipinski definition) is 4. The summed E-state index contributed by atoms with van der Waals surface area (Å²) in [5.41, 5.74) is 5.63. The van der Waals surface area contributed by atoms with Crippen LogP contribution in [0.25, 0.3) is 0 Å². The van der Waals surface area contributed by atoms with Gasteiger partial charge in [-0.3, -0.25) is 9.59 Å². The lowest BCUT2D eigenvalue weighted by atomic mass is 9.97. The van der Waals surface area contributed by atoms with Crippen molar-refractivity contribution in [2.24, 2.45) is 5.73 Å². The van der Waals surface area contributed by atoms with E-state index in [1.165, 1.54) is 56.4 Å². The molecular weight excluding hydrogens is 285 g/mol. The Labute approximate surface area is 117 Å². The number of nitrogens with two attached hydrogens (primary N) is 1. The Morgan fingerprint density at radius 3 is 1.40 bits per heavy atom. The normalized spacial score (nSPS) is 18.8. The number of rotatable bonds is 0. The third-order valence-electron chi connectivity index (χ3n) is 2.47. The second-order valence-corrected chi connectivity index (χ2v) is 5.41. The fraction of sp³-hybridized carbons (Fsp3) is 0.500. The molecule has 0 aliphatic heterocycles. The molecule has 2 aliphatic carbocycles. The van der Waals surface area contributed by atoms with E-state index in [0.717, 1.165) is 0 Å². The van der Waals surface area contributed by atoms with E-state index in [-0.39, 0.29) is 11.6 Å². The predicted octanol–water partition coefficient (Wildman–Crippen LogP) is 0.600. The van der Waals surface area contributed by atoms with Crippen LogP contribution in [0.4, 0.5) is 0 Å². The molecule has 0 radical (unpaired) electrons. The highest BCUT2D eigenvalue weighted by Gasteiger charge is 2.06. The van der Waals surface area contributed by atoms with Crippen LogP contribution in [-0.4, -0.2) is 32.3 Å². The lowest BCUT2D eigenvalue weighted by Crippen LogP contribution is -2.22. The first-order valence-electron chi connectivity index (χ1n) is 6.16. The van der Waals surface area contributed by atoms with Gasteiger partial charge in [-0.05, 0) is 37.1 Å². The molecular formula is C12H20NO6P. The summed E-state index contributed by atoms with van der Waals surface area (Å²) in [6, 6.07) is 0.536. The molecule has 0 amide bonds. The standard InChI is InChI=1S/C6H13N.C6H4O2.H3O4P/c7-6-4-2-1-3-5-6;7-5-1-2-6(8)4-3-5;1-5(2,3)4/h6H,1-5,7H2;1-4H;(H3,1,2,3,4). The number of hydrogen-bond donors (Lipinski definition) is 4. The molecule has 7 nitrogen and oxygen atoms in total. The number of allylic oxidation sites excluding steroid dienone is 4. The first-order valence-corrected chi connectivity index (χ1v) is 7.73. The van der Waals surface area contributed by atoms with Crippen molar-refractivity contribution in [2.45, 2.75) is 38.1 Å². The Morgan fingerprint density at radius 1 is 0.900 bits per heavy atom. The van der Waals surface area contributed by atoms with Gasteiger partial charge < -0.3 is 20.4 Å². The number of ketones is 2. The summed E-state index contributed by atoms with van der Waals surface area (Å²) in [6.45, 7) is 0. The molecule has 0 aromatic heterocycles. The van der Waals surface area contributed by atoms with Crippen molar-refractivity contribution < 1.29 is 28.8 Å². The number of phosphoric acid groups is 1. The van der Waals surface area contributed by atoms with Gasteiger partial charge in [0.1, 0.15) is 0 Å². The quantitative estimate of drug-likeness (QED) is 0.379. The third kappa shape index (κ3) is 14.9. The van der Waals surface area contributed by atoms with Crippen LogP contribution >= 0.6 is 7.82 Å². The molecule has 1 saturated carbocycles. The molecule has 0 aromatic carbocycles. The maximum absolute atomic E-state index is 10.3. The molecule has 2 rings (SSSR count). The molecule has 0 spiro atoms. The van der Waals surface area contributed by atoms with Crippen molar-refractivity contribution in [1.82, 2.24) is 0 Å². The SMILES string of the molecule is NC1CCCCC1.O=C1C=CC(=O)C=C1.O=P(O)(O)O. The molecule has 8 heteroatoms. The highest BCUT2D eigenvalue weighted by Crippen LogP contribution is 2.25. The summed E-state index contributed by atoms with van der Waals surface area (Å²) in [7, 11) is -4.64. The van der Waals surface area contributed by atoms with Crippen LogP contribution in [0.15, 0.2) is 24.3 Å². The lowest BCUT2D eigenvalue weighted by Gasteiger charge is -2.15. The van der Waals surface area contributed by atoms with Gasteiger partial charge in [-0.1, -0.05) is 19.3 Å². The van der Waals surface area contributed by atoms with E-state index < -0.39 is 7.82 Å². The average Bonchev–Trinajstić information content (AvgIpc) is 2.33. The molecule has 0 atom stereocenters. The highest BCUT2D eigenvalue weighted by atomic mass is 31.2. The van der Waals surface area contributed by atoms with E-state index in [2.05, 4.69) is 0 Å². The van der Waals surface area contributed by atoms with E-state index >= 15 is 0 Å². The van der Waals surface area contributed by atoms with Gasteiger partial charge in [0.2, 0.25) is 0 Å². The molecule has 114 valence electrons. The molecule has 0 heterocycles. The molecule has 0 bridgehead atoms. The molecule has 5 N–H and O–H groups in total. The largest absolute Gasteiger partial charge is 0.466 e. The van der Waals surface area contributed by atoms with Crippen LogP contribution in [0.1, 0.15) is 32.1 Å². The average molecular weight is 305 g/mol. The van der Waals surface area contributed by atoms with Gasteiger partial charge in [-0.15, -0.1) is 0 Å². The smallest absolute Gasteiger partial charge is 0.328 e. The van der Waals surface area contributed by atoms with Crippen LogP contribution in [0.2, 0.25) is 0 Å². The topological polar surface area (TPSA) is 138 Å². The summed E-state index contributed by atoms with van der Waals surface area (Å²) in [5, 5.41) is 0. The van der Waals surface area contributed by atoms with Gasteiger partial charge in [0, 0.05) is 6.04 Å². The first-order chi connectivity index (χ1) is 9.18. The summed E-state index contributed by atoms with van der Waals surface area (Å²) in [6.07, 6.45) is 11.7. The fourth-order valence-corrected chi connectivity index (χ4v) is 1.57. The number of carbonyl (C=O) groups excluding carboxylic acids is 2. The van der Waals surface area contributed by atoms with Crippen molar-refractivity contribution in [1.29, 1.82) is 0 Å². The summed E-state index contributed by atoms with van der Waals surface area (Å²) in [4.78, 5) is 42.1. The maximum atomic E-state index is 10.3. The van der Waals surface area contributed by atoms with Gasteiger partial charge in [-0.2, -0.15) is 0 Å². The molecule has 0 saturated heterocycles. The Kier molecular flexibility index (Phi) is 9.20. The van der Waals surface area contributed by atoms with E-state index in [1.807, 2.05) is 0 Å². The third-order valence-corrected chi connectivity index (χ3v) is 2.47. The van der Waals surface area contributed by atoms with Gasteiger partial charge in [0.25, 0.3) is 0 Å². The van der Waals surface area contributed by atoms with Crippen molar-refractivity contribution in [3.05, 3.63) is 24.3 Å². The number of carbonyl (C=O) groups is 2. The summed E-state index contributed by atoms with van der Waals surface area (Å²) < 4.78 is 8.88. The van der Waals surface area contributed by atoms with Crippen LogP contribution in [0.5, 0.6) is 0 Å². The zero-order valence-electron chi connectivity index (χ0n) is 11.0. The Morgan fingerprint density at radius 2 is 1.20 bits per heavy atom. The van der Waals surface area contributed by atoms with Crippen LogP contribution in [0.3, 0.4) is 0 Å². The van der Waals surface area contributed by atoms with Crippen LogP contribution in [0, 0.1) is 0 Å². The minimum Gasteiger partial charge on any atom is -0.328 e. The predicted molar refractivity (Wildman–Crippen MR) is 73.6 cm³/mol. The van der Waals surface area contributed by atoms with E-state index in [1.54, 1.807) is 0 Å². The highest BCUT2D eigenvalue weighted by molar-refractivity contribution is 7.45. The molecule has 2 aliphatic rings. The Hall–Kier alpha value is -1.11. The van der Waals surface area contributed by atoms with Crippen LogP contribution in [-0.2, 0) is 14.2 Å². The zero-order valence-corrected chi connectivity index (χ0v) is 11.9. The van der Waals surface area contributed by atoms with Gasteiger partial charge in [-0.25, -0.2) is 4.57 Å². The second kappa shape index (κ2) is 9.74. The van der Waals surface area contributed by atoms with E-state index in [4.69, 9.17) is 25.0 Å². The molecule has 20 heavy (non-hydrogen) atoms. The summed E-state index contributed by atoms with van der Waals surface area (Å²) >= 11 is 0. The van der Waals surface area contributed by atoms with E-state index in [9.17, 15) is 9.59 Å². The van der Waals surface area contributed by atoms with Crippen molar-refractivity contribution in [2.75, 3.05) is 0 Å². The summed E-state index contributed by atoms with van der Waals surface area (Å²) in [5.74, 6) is -0.241. The maximum Gasteiger partial charge on any atom is 0.466 e. The minimum atomic E-state index is -4.64. The Balaban J connectivity index is 0.000000280. The van der Waals surface area contributed by atoms with Crippen molar-refractivity contribution in [3.8, 4) is 0 Å². The van der Waals surface area contributed by atoms with Crippen LogP contribution < -0.4 is 5.73 Å². The van der Waals surface area contributed by atoms with E-state index in [0.29, 0.717) is 6.04 Å². The Bertz CT molecular complexity index is 373. The zero-order chi connectivity index (χ0) is 15.6. The molecule has 0 unspecified atom stereocenters. The monoisotopic (exact) mass is 305 g/mol. The molecule has 1 fully saturated rings. The fourth-order valence-electron chi connectivity index (χ4n) is 1.57. The lowest BCUT2D eigenvalue weighted by molar-refractivity contribution is -0.113. The first kappa shape index (κ1) is 18.9. The minimum absolute atomic E-state index is 0.121. The van der Waals surface area contributed by atoms with Gasteiger partial charge >= 0.3 is 7.82 Å². The van der Waals surface area contributed by atoms with Crippen molar-refractivity contribution in [3.63, 3.8) is 0 Å². The second-order valence-electron chi connectivity index (χ2n) is 4.38. The molecule has 0 aromatic rings.